The lowest BCUT2D eigenvalue weighted by atomic mass is 9.80. The van der Waals surface area contributed by atoms with E-state index in [1.807, 2.05) is 0 Å². The van der Waals surface area contributed by atoms with Crippen LogP contribution in [-0.2, 0) is 15.5 Å². The molecule has 2 aliphatic heterocycles. The molecule has 246 valence electrons. The van der Waals surface area contributed by atoms with E-state index in [9.17, 15) is 52.6 Å². The number of nitrogens with zero attached hydrogens (tertiary/aromatic N) is 4. The molecule has 2 N–H and O–H groups in total. The number of likely N-dealkylation sites (tertiary alicyclic amines) is 1. The molecule has 1 saturated carbocycles. The number of amides is 2. The molecule has 5 rings (SSSR count). The predicted molar refractivity (Wildman–Crippen MR) is 137 cm³/mol. The first-order valence-corrected chi connectivity index (χ1v) is 15.2. The van der Waals surface area contributed by atoms with Crippen molar-refractivity contribution in [2.45, 2.75) is 72.6 Å². The molecule has 2 bridgehead atoms. The molecule has 3 unspecified atom stereocenters. The highest BCUT2D eigenvalue weighted by molar-refractivity contribution is 8.45. The molecule has 1 aromatic carbocycles. The van der Waals surface area contributed by atoms with Gasteiger partial charge in [-0.25, -0.2) is 13.2 Å². The summed E-state index contributed by atoms with van der Waals surface area (Å²) in [5.74, 6) is -12.2. The van der Waals surface area contributed by atoms with Crippen molar-refractivity contribution in [3.8, 4) is 6.19 Å². The second kappa shape index (κ2) is 9.61. The summed E-state index contributed by atoms with van der Waals surface area (Å²) in [5.41, 5.74) is -7.77. The van der Waals surface area contributed by atoms with Gasteiger partial charge in [-0.2, -0.15) is 14.0 Å². The highest BCUT2D eigenvalue weighted by Gasteiger charge is 2.73. The van der Waals surface area contributed by atoms with Crippen LogP contribution in [0, 0.1) is 17.3 Å². The van der Waals surface area contributed by atoms with Gasteiger partial charge in [0.15, 0.2) is 17.8 Å². The molecular weight excluding hydrogens is 652 g/mol. The SMILES string of the molecule is N#CN1CCC2(O)C1C(=O)N(C(C(=O)NC1CCC(F)(F)CC1)c1cncc(F)c1)c1ccc(S(F)(F)(F)(F)F)c(c1)C2(F)F. The van der Waals surface area contributed by atoms with E-state index >= 15 is 8.78 Å². The number of aromatic nitrogens is 1. The van der Waals surface area contributed by atoms with E-state index in [2.05, 4.69) is 10.3 Å². The van der Waals surface area contributed by atoms with E-state index in [1.54, 1.807) is 0 Å². The monoisotopic (exact) mass is 675 g/mol. The molecule has 19 heteroatoms. The second-order valence-corrected chi connectivity index (χ2v) is 13.7. The summed E-state index contributed by atoms with van der Waals surface area (Å²) < 4.78 is 144. The van der Waals surface area contributed by atoms with Crippen molar-refractivity contribution in [3.05, 3.63) is 53.6 Å². The van der Waals surface area contributed by atoms with Gasteiger partial charge in [0.25, 0.3) is 5.91 Å². The summed E-state index contributed by atoms with van der Waals surface area (Å²) in [5, 5.41) is 23.2. The highest BCUT2D eigenvalue weighted by atomic mass is 32.5. The average molecular weight is 676 g/mol. The Kier molecular flexibility index (Phi) is 6.96. The number of carbonyl (C=O) groups is 2. The number of pyridine rings is 1. The number of nitriles is 1. The van der Waals surface area contributed by atoms with Crippen LogP contribution in [0.15, 0.2) is 41.6 Å². The minimum Gasteiger partial charge on any atom is -0.380 e. The van der Waals surface area contributed by atoms with Crippen molar-refractivity contribution < 1.29 is 56.1 Å². The zero-order valence-corrected chi connectivity index (χ0v) is 23.5. The number of halogens is 10. The van der Waals surface area contributed by atoms with Gasteiger partial charge in [-0.15, -0.1) is 0 Å². The third-order valence-electron chi connectivity index (χ3n) is 8.25. The van der Waals surface area contributed by atoms with Gasteiger partial charge in [-0.3, -0.25) is 24.4 Å². The first kappa shape index (κ1) is 32.6. The van der Waals surface area contributed by atoms with Crippen LogP contribution in [0.2, 0.25) is 0 Å². The fraction of sp³-hybridized carbons (Fsp3) is 0.462. The number of benzene rings is 1. The first-order chi connectivity index (χ1) is 20.5. The molecule has 8 nitrogen and oxygen atoms in total. The number of nitrogens with one attached hydrogen (secondary N) is 1. The average Bonchev–Trinajstić information content (AvgIpc) is 3.28. The Morgan fingerprint density at radius 1 is 1.07 bits per heavy atom. The van der Waals surface area contributed by atoms with Crippen LogP contribution in [0.25, 0.3) is 0 Å². The van der Waals surface area contributed by atoms with Crippen molar-refractivity contribution in [3.63, 3.8) is 0 Å². The van der Waals surface area contributed by atoms with Crippen LogP contribution in [0.5, 0.6) is 0 Å². The van der Waals surface area contributed by atoms with Gasteiger partial charge in [-0.05, 0) is 37.1 Å². The minimum absolute atomic E-state index is 0.122. The Bertz CT molecular complexity index is 1610. The lowest BCUT2D eigenvalue weighted by Gasteiger charge is -2.47. The summed E-state index contributed by atoms with van der Waals surface area (Å²) >= 11 is 0. The molecule has 0 spiro atoms. The van der Waals surface area contributed by atoms with Crippen molar-refractivity contribution in [1.29, 1.82) is 5.26 Å². The van der Waals surface area contributed by atoms with Crippen LogP contribution in [0.4, 0.5) is 47.1 Å². The number of alkyl halides is 4. The van der Waals surface area contributed by atoms with E-state index < -0.39 is 117 Å². The Morgan fingerprint density at radius 3 is 2.29 bits per heavy atom. The highest BCUT2D eigenvalue weighted by Crippen LogP contribution is 3.02. The smallest absolute Gasteiger partial charge is 0.310 e. The van der Waals surface area contributed by atoms with E-state index in [-0.39, 0.29) is 29.9 Å². The summed E-state index contributed by atoms with van der Waals surface area (Å²) in [6, 6.07) is -5.49. The third kappa shape index (κ3) is 5.62. The van der Waals surface area contributed by atoms with Gasteiger partial charge in [-0.1, -0.05) is 19.4 Å². The van der Waals surface area contributed by atoms with Crippen LogP contribution < -0.4 is 10.2 Å². The zero-order chi connectivity index (χ0) is 33.4. The van der Waals surface area contributed by atoms with E-state index in [4.69, 9.17) is 0 Å². The van der Waals surface area contributed by atoms with Crippen molar-refractivity contribution in [2.75, 3.05) is 11.4 Å². The molecule has 3 heterocycles. The summed E-state index contributed by atoms with van der Waals surface area (Å²) in [6.07, 6.45) is -0.172. The number of hydrogen-bond donors (Lipinski definition) is 2. The molecule has 45 heavy (non-hydrogen) atoms. The van der Waals surface area contributed by atoms with E-state index in [0.29, 0.717) is 17.2 Å². The number of hydrogen-bond acceptors (Lipinski definition) is 6. The van der Waals surface area contributed by atoms with Crippen LogP contribution in [-0.4, -0.2) is 57.0 Å². The maximum atomic E-state index is 16.0. The lowest BCUT2D eigenvalue weighted by Crippen LogP contribution is -2.63. The van der Waals surface area contributed by atoms with Gasteiger partial charge in [0, 0.05) is 54.9 Å². The molecule has 2 aromatic rings. The third-order valence-corrected chi connectivity index (χ3v) is 9.44. The van der Waals surface area contributed by atoms with Gasteiger partial charge < -0.3 is 10.4 Å². The molecular formula is C26H23F10N5O3S. The Hall–Kier alpha value is -3.79. The standard InChI is InChI=1S/C26H23F10N5O3S/c27-15-9-14(11-38-12-15)20(22(42)39-16-3-5-24(28,29)6-4-16)41-17-1-2-19(45(32,33,34,35)36)18(10-17)26(30,31)25(44)7-8-40(13-37)21(25)23(41)43/h1-2,9-12,16,20-21,44H,3-8H2,(H,39,42). The fourth-order valence-electron chi connectivity index (χ4n) is 6.07. The lowest BCUT2D eigenvalue weighted by molar-refractivity contribution is -0.200. The topological polar surface area (TPSA) is 110 Å². The van der Waals surface area contributed by atoms with Crippen molar-refractivity contribution in [1.82, 2.24) is 15.2 Å². The largest absolute Gasteiger partial charge is 0.380 e. The minimum atomic E-state index is -10.9. The van der Waals surface area contributed by atoms with Gasteiger partial charge in [0.05, 0.1) is 6.20 Å². The summed E-state index contributed by atoms with van der Waals surface area (Å²) in [4.78, 5) is 29.0. The Balaban J connectivity index is 1.75. The molecule has 3 aliphatic rings. The number of carbonyl (C=O) groups excluding carboxylic acids is 2. The number of rotatable bonds is 5. The van der Waals surface area contributed by atoms with Crippen LogP contribution in [0.1, 0.15) is 49.3 Å². The van der Waals surface area contributed by atoms with Gasteiger partial charge in [0.2, 0.25) is 11.8 Å². The van der Waals surface area contributed by atoms with E-state index in [1.165, 1.54) is 6.19 Å². The molecule has 2 amide bonds. The fourth-order valence-corrected chi connectivity index (χ4v) is 6.99. The van der Waals surface area contributed by atoms with Gasteiger partial charge in [0.1, 0.15) is 16.8 Å². The predicted octanol–water partition coefficient (Wildman–Crippen LogP) is 6.04. The normalized spacial score (nSPS) is 26.9. The molecule has 3 atom stereocenters. The maximum Gasteiger partial charge on any atom is 0.310 e. The molecule has 0 radical (unpaired) electrons. The quantitative estimate of drug-likeness (QED) is 0.296. The Labute approximate surface area is 248 Å². The molecule has 1 aromatic heterocycles. The Morgan fingerprint density at radius 2 is 1.71 bits per heavy atom. The zero-order valence-electron chi connectivity index (χ0n) is 22.7. The molecule has 1 aliphatic carbocycles. The van der Waals surface area contributed by atoms with Crippen LogP contribution in [0.3, 0.4) is 0 Å². The molecule has 2 fully saturated rings. The van der Waals surface area contributed by atoms with E-state index in [0.717, 1.165) is 6.20 Å². The van der Waals surface area contributed by atoms with Crippen LogP contribution >= 0.6 is 10.2 Å². The second-order valence-electron chi connectivity index (χ2n) is 11.3. The number of fused-ring (bicyclic) bond motifs is 3. The number of aliphatic hydroxyl groups is 1. The van der Waals surface area contributed by atoms with Gasteiger partial charge >= 0.3 is 16.1 Å². The summed E-state index contributed by atoms with van der Waals surface area (Å²) in [7, 11) is -10.9. The van der Waals surface area contributed by atoms with Crippen molar-refractivity contribution in [2.24, 2.45) is 0 Å². The summed E-state index contributed by atoms with van der Waals surface area (Å²) in [6.45, 7) is -0.830. The first-order valence-electron chi connectivity index (χ1n) is 13.3. The number of anilines is 1. The van der Waals surface area contributed by atoms with Crippen molar-refractivity contribution >= 4 is 27.7 Å². The molecule has 1 saturated heterocycles. The maximum absolute atomic E-state index is 16.0.